The van der Waals surface area contributed by atoms with Crippen molar-refractivity contribution in [2.75, 3.05) is 18.0 Å². The zero-order valence-electron chi connectivity index (χ0n) is 8.94. The van der Waals surface area contributed by atoms with Gasteiger partial charge in [0.1, 0.15) is 0 Å². The molecule has 1 aliphatic rings. The van der Waals surface area contributed by atoms with Crippen LogP contribution in [0.2, 0.25) is 5.15 Å². The summed E-state index contributed by atoms with van der Waals surface area (Å²) in [6, 6.07) is 0.902. The van der Waals surface area contributed by atoms with Gasteiger partial charge in [-0.2, -0.15) is 0 Å². The molecule has 1 saturated heterocycles. The molecule has 0 aliphatic carbocycles. The Hall–Kier alpha value is -0.870. The molecule has 1 fully saturated rings. The maximum Gasteiger partial charge on any atom is 0.171 e. The van der Waals surface area contributed by atoms with E-state index in [1.54, 1.807) is 12.4 Å². The van der Waals surface area contributed by atoms with E-state index >= 15 is 0 Å². The lowest BCUT2D eigenvalue weighted by atomic mass is 10.1. The molecule has 15 heavy (non-hydrogen) atoms. The van der Waals surface area contributed by atoms with Crippen molar-refractivity contribution in [2.24, 2.45) is 0 Å². The molecular weight excluding hydrogens is 212 g/mol. The first kappa shape index (κ1) is 10.6. The molecule has 0 aromatic carbocycles. The van der Waals surface area contributed by atoms with E-state index in [1.165, 1.54) is 0 Å². The lowest BCUT2D eigenvalue weighted by Crippen LogP contribution is -2.54. The Morgan fingerprint density at radius 1 is 1.27 bits per heavy atom. The van der Waals surface area contributed by atoms with Gasteiger partial charge in [0.15, 0.2) is 11.0 Å². The molecule has 0 amide bonds. The van der Waals surface area contributed by atoms with E-state index in [-0.39, 0.29) is 0 Å². The van der Waals surface area contributed by atoms with E-state index in [2.05, 4.69) is 34.0 Å². The van der Waals surface area contributed by atoms with E-state index < -0.39 is 0 Å². The Morgan fingerprint density at radius 3 is 2.47 bits per heavy atom. The van der Waals surface area contributed by atoms with Crippen molar-refractivity contribution in [1.29, 1.82) is 0 Å². The van der Waals surface area contributed by atoms with Crippen LogP contribution in [0.4, 0.5) is 5.82 Å². The van der Waals surface area contributed by atoms with Crippen LogP contribution < -0.4 is 10.2 Å². The molecule has 0 saturated carbocycles. The molecule has 82 valence electrons. The predicted octanol–water partition coefficient (Wildman–Crippen LogP) is 1.32. The largest absolute Gasteiger partial charge is 0.351 e. The van der Waals surface area contributed by atoms with Gasteiger partial charge in [0.25, 0.3) is 0 Å². The van der Waals surface area contributed by atoms with Gasteiger partial charge in [0.05, 0.1) is 0 Å². The van der Waals surface area contributed by atoms with Crippen molar-refractivity contribution in [1.82, 2.24) is 15.3 Å². The molecule has 0 spiro atoms. The van der Waals surface area contributed by atoms with Crippen LogP contribution >= 0.6 is 11.6 Å². The van der Waals surface area contributed by atoms with Crippen molar-refractivity contribution in [2.45, 2.75) is 25.9 Å². The van der Waals surface area contributed by atoms with Crippen LogP contribution in [-0.4, -0.2) is 35.1 Å². The van der Waals surface area contributed by atoms with Gasteiger partial charge < -0.3 is 10.2 Å². The first-order valence-electron chi connectivity index (χ1n) is 5.14. The van der Waals surface area contributed by atoms with Gasteiger partial charge in [-0.05, 0) is 13.8 Å². The molecule has 2 unspecified atom stereocenters. The number of halogens is 1. The van der Waals surface area contributed by atoms with E-state index in [0.29, 0.717) is 17.2 Å². The van der Waals surface area contributed by atoms with E-state index in [9.17, 15) is 0 Å². The Bertz CT molecular complexity index is 334. The highest BCUT2D eigenvalue weighted by Gasteiger charge is 2.23. The Kier molecular flexibility index (Phi) is 3.07. The molecule has 5 heteroatoms. The third kappa shape index (κ3) is 2.38. The number of hydrogen-bond acceptors (Lipinski definition) is 4. The number of nitrogens with one attached hydrogen (secondary N) is 1. The molecule has 2 atom stereocenters. The summed E-state index contributed by atoms with van der Waals surface area (Å²) in [6.07, 6.45) is 3.29. The summed E-state index contributed by atoms with van der Waals surface area (Å²) in [4.78, 5) is 10.5. The average molecular weight is 227 g/mol. The number of rotatable bonds is 1. The first-order chi connectivity index (χ1) is 7.16. The highest BCUT2D eigenvalue weighted by Crippen LogP contribution is 2.21. The van der Waals surface area contributed by atoms with Crippen LogP contribution in [0.25, 0.3) is 0 Å². The van der Waals surface area contributed by atoms with Gasteiger partial charge in [0, 0.05) is 37.6 Å². The summed E-state index contributed by atoms with van der Waals surface area (Å²) >= 11 is 6.02. The second-order valence-electron chi connectivity index (χ2n) is 4.04. The fourth-order valence-corrected chi connectivity index (χ4v) is 2.25. The normalized spacial score (nSPS) is 26.7. The zero-order valence-corrected chi connectivity index (χ0v) is 9.70. The lowest BCUT2D eigenvalue weighted by Gasteiger charge is -2.36. The third-order valence-corrected chi connectivity index (χ3v) is 2.76. The summed E-state index contributed by atoms with van der Waals surface area (Å²) in [5.41, 5.74) is 0. The monoisotopic (exact) mass is 226 g/mol. The molecule has 4 nitrogen and oxygen atoms in total. The van der Waals surface area contributed by atoms with Crippen molar-refractivity contribution in [3.8, 4) is 0 Å². The van der Waals surface area contributed by atoms with Crippen LogP contribution in [0.5, 0.6) is 0 Å². The average Bonchev–Trinajstić information content (AvgIpc) is 2.16. The molecule has 1 aromatic heterocycles. The molecule has 2 rings (SSSR count). The summed E-state index contributed by atoms with van der Waals surface area (Å²) in [5.74, 6) is 0.791. The SMILES string of the molecule is CC1CN(c2nccnc2Cl)CC(C)N1. The van der Waals surface area contributed by atoms with Crippen LogP contribution in [0.15, 0.2) is 12.4 Å². The standard InChI is InChI=1S/C10H15ClN4/c1-7-5-15(6-8(2)14-7)10-9(11)12-3-4-13-10/h3-4,7-8,14H,5-6H2,1-2H3. The molecular formula is C10H15ClN4. The summed E-state index contributed by atoms with van der Waals surface area (Å²) < 4.78 is 0. The van der Waals surface area contributed by atoms with Crippen LogP contribution in [0.1, 0.15) is 13.8 Å². The molecule has 1 N–H and O–H groups in total. The van der Waals surface area contributed by atoms with Gasteiger partial charge in [-0.1, -0.05) is 11.6 Å². The van der Waals surface area contributed by atoms with Crippen LogP contribution in [0.3, 0.4) is 0 Å². The fourth-order valence-electron chi connectivity index (χ4n) is 2.03. The number of hydrogen-bond donors (Lipinski definition) is 1. The Balaban J connectivity index is 2.20. The quantitative estimate of drug-likeness (QED) is 0.784. The maximum absolute atomic E-state index is 6.02. The number of piperazine rings is 1. The highest BCUT2D eigenvalue weighted by molar-refractivity contribution is 6.31. The zero-order chi connectivity index (χ0) is 10.8. The molecule has 0 bridgehead atoms. The van der Waals surface area contributed by atoms with Gasteiger partial charge >= 0.3 is 0 Å². The Morgan fingerprint density at radius 2 is 1.87 bits per heavy atom. The second-order valence-corrected chi connectivity index (χ2v) is 4.40. The smallest absolute Gasteiger partial charge is 0.171 e. The molecule has 1 aliphatic heterocycles. The summed E-state index contributed by atoms with van der Waals surface area (Å²) in [5, 5.41) is 3.95. The minimum atomic E-state index is 0.451. The van der Waals surface area contributed by atoms with Gasteiger partial charge in [-0.25, -0.2) is 9.97 Å². The minimum absolute atomic E-state index is 0.451. The number of nitrogens with zero attached hydrogens (tertiary/aromatic N) is 3. The number of aromatic nitrogens is 2. The van der Waals surface area contributed by atoms with Crippen molar-refractivity contribution >= 4 is 17.4 Å². The van der Waals surface area contributed by atoms with E-state index in [0.717, 1.165) is 18.9 Å². The lowest BCUT2D eigenvalue weighted by molar-refractivity contribution is 0.405. The van der Waals surface area contributed by atoms with Crippen molar-refractivity contribution in [3.05, 3.63) is 17.5 Å². The van der Waals surface area contributed by atoms with Gasteiger partial charge in [0.2, 0.25) is 0 Å². The molecule has 2 heterocycles. The minimum Gasteiger partial charge on any atom is -0.351 e. The van der Waals surface area contributed by atoms with Crippen LogP contribution in [0, 0.1) is 0 Å². The molecule has 1 aromatic rings. The maximum atomic E-state index is 6.02. The fraction of sp³-hybridized carbons (Fsp3) is 0.600. The number of anilines is 1. The van der Waals surface area contributed by atoms with Crippen LogP contribution in [-0.2, 0) is 0 Å². The van der Waals surface area contributed by atoms with E-state index in [4.69, 9.17) is 11.6 Å². The Labute approximate surface area is 94.7 Å². The predicted molar refractivity (Wildman–Crippen MR) is 61.3 cm³/mol. The summed E-state index contributed by atoms with van der Waals surface area (Å²) in [7, 11) is 0. The molecule has 0 radical (unpaired) electrons. The van der Waals surface area contributed by atoms with Gasteiger partial charge in [-0.15, -0.1) is 0 Å². The third-order valence-electron chi connectivity index (χ3n) is 2.49. The van der Waals surface area contributed by atoms with Gasteiger partial charge in [-0.3, -0.25) is 0 Å². The second kappa shape index (κ2) is 4.33. The summed E-state index contributed by atoms with van der Waals surface area (Å²) in [6.45, 7) is 6.16. The van der Waals surface area contributed by atoms with Crippen molar-refractivity contribution < 1.29 is 0 Å². The highest BCUT2D eigenvalue weighted by atomic mass is 35.5. The van der Waals surface area contributed by atoms with E-state index in [1.807, 2.05) is 0 Å². The first-order valence-corrected chi connectivity index (χ1v) is 5.52. The topological polar surface area (TPSA) is 41.1 Å². The van der Waals surface area contributed by atoms with Crippen molar-refractivity contribution in [3.63, 3.8) is 0 Å².